The van der Waals surface area contributed by atoms with Crippen molar-refractivity contribution in [2.24, 2.45) is 0 Å². The van der Waals surface area contributed by atoms with Gasteiger partial charge in [0.25, 0.3) is 0 Å². The lowest BCUT2D eigenvalue weighted by Gasteiger charge is -2.19. The van der Waals surface area contributed by atoms with Gasteiger partial charge in [0, 0.05) is 24.5 Å². The minimum absolute atomic E-state index is 0.102. The van der Waals surface area contributed by atoms with Crippen LogP contribution < -0.4 is 24.2 Å². The van der Waals surface area contributed by atoms with Crippen LogP contribution in [0.2, 0.25) is 0 Å². The molecule has 0 fully saturated rings. The standard InChI is InChI=1S/C18H27N5O6S/c1-18(2,3)29-17(24)23-30(25,26)22-8-6-7-19-16-12-9-14(27-4)15(28-5)10-13(12)20-11-21-16/h9-11,22H,6-8H2,1-5H3,(H,23,24)(H,19,20,21). The summed E-state index contributed by atoms with van der Waals surface area (Å²) in [5.41, 5.74) is -0.122. The van der Waals surface area contributed by atoms with E-state index < -0.39 is 21.9 Å². The molecule has 11 nitrogen and oxygen atoms in total. The molecule has 0 spiro atoms. The van der Waals surface area contributed by atoms with Crippen LogP contribution in [-0.2, 0) is 14.9 Å². The minimum atomic E-state index is -4.01. The lowest BCUT2D eigenvalue weighted by atomic mass is 10.2. The van der Waals surface area contributed by atoms with Crippen LogP contribution in [0.5, 0.6) is 11.5 Å². The Hall–Kier alpha value is -2.86. The van der Waals surface area contributed by atoms with Gasteiger partial charge in [0.2, 0.25) is 0 Å². The molecule has 0 saturated carbocycles. The Morgan fingerprint density at radius 2 is 1.73 bits per heavy atom. The molecular formula is C18H27N5O6S. The third-order valence-electron chi connectivity index (χ3n) is 3.70. The van der Waals surface area contributed by atoms with Crippen molar-refractivity contribution in [2.45, 2.75) is 32.8 Å². The van der Waals surface area contributed by atoms with Crippen LogP contribution in [0.25, 0.3) is 10.9 Å². The average molecular weight is 442 g/mol. The van der Waals surface area contributed by atoms with E-state index in [0.29, 0.717) is 35.8 Å². The maximum absolute atomic E-state index is 11.9. The van der Waals surface area contributed by atoms with Crippen molar-refractivity contribution in [2.75, 3.05) is 32.6 Å². The quantitative estimate of drug-likeness (QED) is 0.497. The first-order valence-corrected chi connectivity index (χ1v) is 10.6. The van der Waals surface area contributed by atoms with E-state index in [1.54, 1.807) is 44.7 Å². The number of methoxy groups -OCH3 is 2. The van der Waals surface area contributed by atoms with Crippen molar-refractivity contribution in [3.8, 4) is 11.5 Å². The number of benzene rings is 1. The molecule has 2 rings (SSSR count). The van der Waals surface area contributed by atoms with Crippen LogP contribution in [0, 0.1) is 0 Å². The Balaban J connectivity index is 1.90. The normalized spacial score (nSPS) is 11.8. The zero-order chi connectivity index (χ0) is 22.4. The third kappa shape index (κ3) is 6.88. The zero-order valence-electron chi connectivity index (χ0n) is 17.6. The van der Waals surface area contributed by atoms with Gasteiger partial charge in [0.1, 0.15) is 17.7 Å². The topological polar surface area (TPSA) is 141 Å². The SMILES string of the molecule is COc1cc2ncnc(NCCCNS(=O)(=O)NC(=O)OC(C)(C)C)c2cc1OC. The Bertz CT molecular complexity index is 990. The van der Waals surface area contributed by atoms with Crippen LogP contribution >= 0.6 is 0 Å². The summed E-state index contributed by atoms with van der Waals surface area (Å²) < 4.78 is 43.3. The number of rotatable bonds is 9. The molecular weight excluding hydrogens is 414 g/mol. The number of carbonyl (C=O) groups is 1. The minimum Gasteiger partial charge on any atom is -0.493 e. The summed E-state index contributed by atoms with van der Waals surface area (Å²) in [6, 6.07) is 3.52. The molecule has 0 aliphatic carbocycles. The maximum atomic E-state index is 11.9. The number of hydrogen-bond donors (Lipinski definition) is 3. The van der Waals surface area contributed by atoms with Gasteiger partial charge in [0.15, 0.2) is 11.5 Å². The fourth-order valence-corrected chi connectivity index (χ4v) is 3.22. The van der Waals surface area contributed by atoms with Gasteiger partial charge in [-0.05, 0) is 33.3 Å². The zero-order valence-corrected chi connectivity index (χ0v) is 18.4. The van der Waals surface area contributed by atoms with Gasteiger partial charge in [-0.15, -0.1) is 0 Å². The Morgan fingerprint density at radius 3 is 2.37 bits per heavy atom. The summed E-state index contributed by atoms with van der Waals surface area (Å²) in [6.07, 6.45) is 0.822. The first kappa shape index (κ1) is 23.4. The molecule has 0 saturated heterocycles. The maximum Gasteiger partial charge on any atom is 0.422 e. The van der Waals surface area contributed by atoms with Crippen molar-refractivity contribution < 1.29 is 27.4 Å². The van der Waals surface area contributed by atoms with Crippen LogP contribution in [0.1, 0.15) is 27.2 Å². The van der Waals surface area contributed by atoms with Crippen molar-refractivity contribution in [3.63, 3.8) is 0 Å². The van der Waals surface area contributed by atoms with E-state index >= 15 is 0 Å². The number of ether oxygens (including phenoxy) is 3. The van der Waals surface area contributed by atoms with E-state index in [1.165, 1.54) is 13.4 Å². The van der Waals surface area contributed by atoms with Gasteiger partial charge in [-0.25, -0.2) is 19.5 Å². The summed E-state index contributed by atoms with van der Waals surface area (Å²) >= 11 is 0. The van der Waals surface area contributed by atoms with Gasteiger partial charge >= 0.3 is 16.3 Å². The number of aromatic nitrogens is 2. The molecule has 0 unspecified atom stereocenters. The van der Waals surface area contributed by atoms with E-state index in [2.05, 4.69) is 20.0 Å². The molecule has 0 radical (unpaired) electrons. The van der Waals surface area contributed by atoms with E-state index in [0.717, 1.165) is 5.39 Å². The molecule has 1 amide bonds. The highest BCUT2D eigenvalue weighted by atomic mass is 32.2. The van der Waals surface area contributed by atoms with Crippen molar-refractivity contribution in [1.29, 1.82) is 0 Å². The highest BCUT2D eigenvalue weighted by Gasteiger charge is 2.20. The summed E-state index contributed by atoms with van der Waals surface area (Å²) in [5.74, 6) is 1.68. The van der Waals surface area contributed by atoms with Gasteiger partial charge in [-0.3, -0.25) is 0 Å². The second-order valence-electron chi connectivity index (χ2n) is 7.23. The number of fused-ring (bicyclic) bond motifs is 1. The van der Waals surface area contributed by atoms with Crippen LogP contribution in [-0.4, -0.2) is 57.4 Å². The summed E-state index contributed by atoms with van der Waals surface area (Å²) in [4.78, 5) is 20.0. The van der Waals surface area contributed by atoms with Gasteiger partial charge in [0.05, 0.1) is 19.7 Å². The predicted octanol–water partition coefficient (Wildman–Crippen LogP) is 1.81. The van der Waals surface area contributed by atoms with E-state index in [-0.39, 0.29) is 6.54 Å². The molecule has 3 N–H and O–H groups in total. The molecule has 0 aliphatic heterocycles. The molecule has 0 aliphatic rings. The molecule has 12 heteroatoms. The molecule has 2 aromatic rings. The Morgan fingerprint density at radius 1 is 1.07 bits per heavy atom. The van der Waals surface area contributed by atoms with Crippen molar-refractivity contribution >= 4 is 33.0 Å². The van der Waals surface area contributed by atoms with Crippen molar-refractivity contribution in [1.82, 2.24) is 19.4 Å². The molecule has 30 heavy (non-hydrogen) atoms. The number of amides is 1. The smallest absolute Gasteiger partial charge is 0.422 e. The van der Waals surface area contributed by atoms with E-state index in [1.807, 2.05) is 0 Å². The molecule has 1 aromatic carbocycles. The summed E-state index contributed by atoms with van der Waals surface area (Å²) in [7, 11) is -0.924. The second-order valence-corrected chi connectivity index (χ2v) is 8.73. The second kappa shape index (κ2) is 9.76. The van der Waals surface area contributed by atoms with Gasteiger partial charge in [-0.2, -0.15) is 13.1 Å². The molecule has 166 valence electrons. The molecule has 0 bridgehead atoms. The van der Waals surface area contributed by atoms with E-state index in [9.17, 15) is 13.2 Å². The highest BCUT2D eigenvalue weighted by molar-refractivity contribution is 7.88. The lowest BCUT2D eigenvalue weighted by molar-refractivity contribution is 0.0569. The number of anilines is 1. The van der Waals surface area contributed by atoms with Crippen molar-refractivity contribution in [3.05, 3.63) is 18.5 Å². The first-order valence-electron chi connectivity index (χ1n) is 9.15. The molecule has 0 atom stereocenters. The molecule has 1 aromatic heterocycles. The third-order valence-corrected chi connectivity index (χ3v) is 4.71. The number of hydrogen-bond acceptors (Lipinski definition) is 9. The fourth-order valence-electron chi connectivity index (χ4n) is 2.47. The number of carbonyl (C=O) groups excluding carboxylic acids is 1. The fraction of sp³-hybridized carbons (Fsp3) is 0.500. The Kier molecular flexibility index (Phi) is 7.62. The summed E-state index contributed by atoms with van der Waals surface area (Å²) in [5, 5.41) is 3.88. The number of nitrogens with one attached hydrogen (secondary N) is 3. The van der Waals surface area contributed by atoms with Gasteiger partial charge in [-0.1, -0.05) is 0 Å². The van der Waals surface area contributed by atoms with Gasteiger partial charge < -0.3 is 19.5 Å². The van der Waals surface area contributed by atoms with Crippen LogP contribution in [0.15, 0.2) is 18.5 Å². The lowest BCUT2D eigenvalue weighted by Crippen LogP contribution is -2.43. The molecule has 1 heterocycles. The predicted molar refractivity (Wildman–Crippen MR) is 112 cm³/mol. The monoisotopic (exact) mass is 441 g/mol. The average Bonchev–Trinajstić information content (AvgIpc) is 2.64. The van der Waals surface area contributed by atoms with Crippen LogP contribution in [0.4, 0.5) is 10.6 Å². The Labute approximate surface area is 175 Å². The van der Waals surface area contributed by atoms with Crippen LogP contribution in [0.3, 0.4) is 0 Å². The summed E-state index contributed by atoms with van der Waals surface area (Å²) in [6.45, 7) is 5.45. The van der Waals surface area contributed by atoms with E-state index in [4.69, 9.17) is 14.2 Å². The first-order chi connectivity index (χ1) is 14.0. The highest BCUT2D eigenvalue weighted by Crippen LogP contribution is 2.33. The number of nitrogens with zero attached hydrogens (tertiary/aromatic N) is 2. The largest absolute Gasteiger partial charge is 0.493 e.